The average Bonchev–Trinajstić information content (AvgIpc) is 2.54. The molecular formula is C19H20ClNOS. The molecule has 2 aromatic carbocycles. The summed E-state index contributed by atoms with van der Waals surface area (Å²) in [5.41, 5.74) is 3.44. The van der Waals surface area contributed by atoms with Crippen LogP contribution in [0.25, 0.3) is 6.08 Å². The Morgan fingerprint density at radius 1 is 1.22 bits per heavy atom. The molecule has 4 heteroatoms. The van der Waals surface area contributed by atoms with Crippen molar-refractivity contribution in [3.05, 3.63) is 76.3 Å². The lowest BCUT2D eigenvalue weighted by molar-refractivity contribution is -0.116. The van der Waals surface area contributed by atoms with Gasteiger partial charge in [0.05, 0.1) is 0 Å². The van der Waals surface area contributed by atoms with Crippen molar-refractivity contribution in [2.24, 2.45) is 0 Å². The molecule has 0 unspecified atom stereocenters. The van der Waals surface area contributed by atoms with Crippen LogP contribution >= 0.6 is 23.4 Å². The summed E-state index contributed by atoms with van der Waals surface area (Å²) in [7, 11) is 0. The Bertz CT molecular complexity index is 685. The smallest absolute Gasteiger partial charge is 0.244 e. The van der Waals surface area contributed by atoms with Gasteiger partial charge in [-0.05, 0) is 30.2 Å². The van der Waals surface area contributed by atoms with Crippen LogP contribution < -0.4 is 5.32 Å². The second kappa shape index (κ2) is 9.43. The zero-order valence-corrected chi connectivity index (χ0v) is 14.7. The van der Waals surface area contributed by atoms with Gasteiger partial charge in [-0.3, -0.25) is 4.79 Å². The molecule has 120 valence electrons. The van der Waals surface area contributed by atoms with Gasteiger partial charge in [0, 0.05) is 29.1 Å². The van der Waals surface area contributed by atoms with Crippen LogP contribution in [0.5, 0.6) is 0 Å². The van der Waals surface area contributed by atoms with Crippen molar-refractivity contribution < 1.29 is 4.79 Å². The predicted octanol–water partition coefficient (Wildman–Crippen LogP) is 4.71. The molecule has 0 saturated carbocycles. The van der Waals surface area contributed by atoms with E-state index in [2.05, 4.69) is 36.5 Å². The van der Waals surface area contributed by atoms with Crippen LogP contribution in [0, 0.1) is 6.92 Å². The molecule has 0 fully saturated rings. The number of thioether (sulfide) groups is 1. The summed E-state index contributed by atoms with van der Waals surface area (Å²) in [4.78, 5) is 11.8. The highest BCUT2D eigenvalue weighted by Crippen LogP contribution is 2.16. The summed E-state index contributed by atoms with van der Waals surface area (Å²) in [6, 6.07) is 15.9. The normalized spacial score (nSPS) is 10.9. The van der Waals surface area contributed by atoms with Gasteiger partial charge in [-0.2, -0.15) is 11.8 Å². The van der Waals surface area contributed by atoms with E-state index in [0.717, 1.165) is 17.1 Å². The molecule has 2 aromatic rings. The van der Waals surface area contributed by atoms with Crippen molar-refractivity contribution in [2.45, 2.75) is 12.7 Å². The highest BCUT2D eigenvalue weighted by molar-refractivity contribution is 7.98. The summed E-state index contributed by atoms with van der Waals surface area (Å²) in [6.07, 6.45) is 3.25. The third-order valence-electron chi connectivity index (χ3n) is 3.22. The van der Waals surface area contributed by atoms with E-state index in [4.69, 9.17) is 11.6 Å². The third-order valence-corrected chi connectivity index (χ3v) is 4.59. The van der Waals surface area contributed by atoms with Gasteiger partial charge >= 0.3 is 0 Å². The zero-order chi connectivity index (χ0) is 16.5. The molecular weight excluding hydrogens is 326 g/mol. The largest absolute Gasteiger partial charge is 0.352 e. The second-order valence-corrected chi connectivity index (χ2v) is 6.70. The van der Waals surface area contributed by atoms with Gasteiger partial charge in [0.1, 0.15) is 0 Å². The molecule has 0 aromatic heterocycles. The average molecular weight is 346 g/mol. The van der Waals surface area contributed by atoms with Crippen molar-refractivity contribution >= 4 is 35.3 Å². The van der Waals surface area contributed by atoms with Crippen LogP contribution in [-0.2, 0) is 10.5 Å². The van der Waals surface area contributed by atoms with Crippen molar-refractivity contribution in [3.63, 3.8) is 0 Å². The van der Waals surface area contributed by atoms with Gasteiger partial charge in [0.25, 0.3) is 0 Å². The Kier molecular flexibility index (Phi) is 7.24. The summed E-state index contributed by atoms with van der Waals surface area (Å²) in [5.74, 6) is 1.76. The van der Waals surface area contributed by atoms with Gasteiger partial charge in [-0.15, -0.1) is 0 Å². The number of hydrogen-bond acceptors (Lipinski definition) is 2. The zero-order valence-electron chi connectivity index (χ0n) is 13.1. The van der Waals surface area contributed by atoms with Crippen LogP contribution in [0.15, 0.2) is 54.6 Å². The summed E-state index contributed by atoms with van der Waals surface area (Å²) < 4.78 is 0. The molecule has 2 rings (SSSR count). The molecule has 0 aliphatic rings. The fourth-order valence-corrected chi connectivity index (χ4v) is 3.08. The standard InChI is InChI=1S/C19H20ClNOS/c1-15-5-4-6-16(13-15)14-23-12-11-21-19(22)10-9-17-7-2-3-8-18(17)20/h2-10,13H,11-12,14H2,1H3,(H,21,22)/b10-9+. The van der Waals surface area contributed by atoms with Gasteiger partial charge in [-0.1, -0.05) is 59.6 Å². The van der Waals surface area contributed by atoms with E-state index in [0.29, 0.717) is 11.6 Å². The maximum absolute atomic E-state index is 11.8. The maximum atomic E-state index is 11.8. The SMILES string of the molecule is Cc1cccc(CSCCNC(=O)/C=C/c2ccccc2Cl)c1. The van der Waals surface area contributed by atoms with Crippen molar-refractivity contribution in [1.82, 2.24) is 5.32 Å². The first-order valence-corrected chi connectivity index (χ1v) is 9.02. The number of hydrogen-bond donors (Lipinski definition) is 1. The summed E-state index contributed by atoms with van der Waals surface area (Å²) in [6.45, 7) is 2.75. The molecule has 0 heterocycles. The fourth-order valence-electron chi connectivity index (χ4n) is 2.07. The number of amides is 1. The Hall–Kier alpha value is -1.71. The van der Waals surface area contributed by atoms with Gasteiger partial charge < -0.3 is 5.32 Å². The summed E-state index contributed by atoms with van der Waals surface area (Å²) in [5, 5.41) is 3.52. The number of carbonyl (C=O) groups is 1. The number of benzene rings is 2. The van der Waals surface area contributed by atoms with E-state index in [1.807, 2.05) is 30.0 Å². The topological polar surface area (TPSA) is 29.1 Å². The lowest BCUT2D eigenvalue weighted by Gasteiger charge is -2.04. The monoisotopic (exact) mass is 345 g/mol. The van der Waals surface area contributed by atoms with Crippen molar-refractivity contribution in [3.8, 4) is 0 Å². The Balaban J connectivity index is 1.66. The molecule has 0 saturated heterocycles. The Labute approximate surface area is 146 Å². The first kappa shape index (κ1) is 17.6. The van der Waals surface area contributed by atoms with E-state index in [1.165, 1.54) is 17.2 Å². The van der Waals surface area contributed by atoms with Crippen LogP contribution in [0.1, 0.15) is 16.7 Å². The molecule has 0 aliphatic heterocycles. The molecule has 0 bridgehead atoms. The molecule has 0 radical (unpaired) electrons. The van der Waals surface area contributed by atoms with Gasteiger partial charge in [-0.25, -0.2) is 0 Å². The van der Waals surface area contributed by atoms with E-state index < -0.39 is 0 Å². The van der Waals surface area contributed by atoms with Gasteiger partial charge in [0.2, 0.25) is 5.91 Å². The molecule has 0 atom stereocenters. The predicted molar refractivity (Wildman–Crippen MR) is 101 cm³/mol. The van der Waals surface area contributed by atoms with E-state index >= 15 is 0 Å². The molecule has 0 aliphatic carbocycles. The van der Waals surface area contributed by atoms with E-state index in [-0.39, 0.29) is 5.91 Å². The Morgan fingerprint density at radius 3 is 2.83 bits per heavy atom. The lowest BCUT2D eigenvalue weighted by atomic mass is 10.2. The summed E-state index contributed by atoms with van der Waals surface area (Å²) >= 11 is 7.85. The molecule has 0 spiro atoms. The molecule has 1 amide bonds. The van der Waals surface area contributed by atoms with Crippen LogP contribution in [0.2, 0.25) is 5.02 Å². The maximum Gasteiger partial charge on any atom is 0.244 e. The van der Waals surface area contributed by atoms with Crippen molar-refractivity contribution in [1.29, 1.82) is 0 Å². The first-order chi connectivity index (χ1) is 11.1. The fraction of sp³-hybridized carbons (Fsp3) is 0.211. The number of aryl methyl sites for hydroxylation is 1. The second-order valence-electron chi connectivity index (χ2n) is 5.19. The Morgan fingerprint density at radius 2 is 2.04 bits per heavy atom. The number of halogens is 1. The number of carbonyl (C=O) groups excluding carboxylic acids is 1. The van der Waals surface area contributed by atoms with Crippen LogP contribution in [0.4, 0.5) is 0 Å². The minimum Gasteiger partial charge on any atom is -0.352 e. The quantitative estimate of drug-likeness (QED) is 0.581. The highest BCUT2D eigenvalue weighted by Gasteiger charge is 1.98. The number of rotatable bonds is 7. The third kappa shape index (κ3) is 6.51. The van der Waals surface area contributed by atoms with Crippen LogP contribution in [-0.4, -0.2) is 18.2 Å². The van der Waals surface area contributed by atoms with Gasteiger partial charge in [0.15, 0.2) is 0 Å². The van der Waals surface area contributed by atoms with Crippen molar-refractivity contribution in [2.75, 3.05) is 12.3 Å². The van der Waals surface area contributed by atoms with Crippen LogP contribution in [0.3, 0.4) is 0 Å². The first-order valence-electron chi connectivity index (χ1n) is 7.49. The molecule has 1 N–H and O–H groups in total. The number of nitrogens with one attached hydrogen (secondary N) is 1. The molecule has 2 nitrogen and oxygen atoms in total. The van der Waals surface area contributed by atoms with E-state index in [1.54, 1.807) is 12.1 Å². The minimum absolute atomic E-state index is 0.0962. The lowest BCUT2D eigenvalue weighted by Crippen LogP contribution is -2.23. The molecule has 23 heavy (non-hydrogen) atoms. The highest BCUT2D eigenvalue weighted by atomic mass is 35.5. The van der Waals surface area contributed by atoms with E-state index in [9.17, 15) is 4.79 Å². The minimum atomic E-state index is -0.0962.